The van der Waals surface area contributed by atoms with Gasteiger partial charge in [0.1, 0.15) is 6.61 Å². The zero-order valence-corrected chi connectivity index (χ0v) is 12.1. The Balaban J connectivity index is 2.61. The van der Waals surface area contributed by atoms with Crippen molar-refractivity contribution < 1.29 is 14.3 Å². The second-order valence-electron chi connectivity index (χ2n) is 5.87. The number of amides is 2. The maximum atomic E-state index is 12.2. The number of nitrogens with two attached hydrogens (primary N) is 1. The van der Waals surface area contributed by atoms with Crippen LogP contribution in [0, 0.1) is 0 Å². The number of carbonyl (C=O) groups excluding carboxylic acids is 2. The Hall–Kier alpha value is -1.14. The van der Waals surface area contributed by atoms with Gasteiger partial charge in [-0.2, -0.15) is 0 Å². The Bertz CT molecular complexity index is 320. The number of hydrogen-bond acceptors (Lipinski definition) is 4. The zero-order valence-electron chi connectivity index (χ0n) is 12.1. The van der Waals surface area contributed by atoms with Crippen LogP contribution in [0.2, 0.25) is 0 Å². The smallest absolute Gasteiger partial charge is 0.249 e. The fraction of sp³-hybridized carbons (Fsp3) is 0.846. The highest BCUT2D eigenvalue weighted by atomic mass is 16.5. The first-order chi connectivity index (χ1) is 8.79. The van der Waals surface area contributed by atoms with Crippen molar-refractivity contribution in [3.05, 3.63) is 0 Å². The molecule has 0 spiro atoms. The van der Waals surface area contributed by atoms with E-state index in [2.05, 4.69) is 5.32 Å². The van der Waals surface area contributed by atoms with Gasteiger partial charge in [0, 0.05) is 6.04 Å². The fourth-order valence-electron chi connectivity index (χ4n) is 2.07. The summed E-state index contributed by atoms with van der Waals surface area (Å²) in [4.78, 5) is 24.9. The maximum absolute atomic E-state index is 12.2. The van der Waals surface area contributed by atoms with Crippen molar-refractivity contribution in [2.45, 2.75) is 45.3 Å². The molecule has 1 heterocycles. The number of nitrogens with one attached hydrogen (secondary N) is 1. The molecule has 0 aromatic carbocycles. The summed E-state index contributed by atoms with van der Waals surface area (Å²) in [7, 11) is 0. The highest BCUT2D eigenvalue weighted by molar-refractivity contribution is 5.84. The number of ether oxygens (including phenoxy) is 1. The molecule has 0 bridgehead atoms. The Morgan fingerprint density at radius 3 is 2.37 bits per heavy atom. The lowest BCUT2D eigenvalue weighted by Crippen LogP contribution is -2.50. The van der Waals surface area contributed by atoms with Crippen LogP contribution in [-0.4, -0.2) is 54.6 Å². The Kier molecular flexibility index (Phi) is 5.75. The van der Waals surface area contributed by atoms with Crippen LogP contribution in [0.25, 0.3) is 0 Å². The number of nitrogens with zero attached hydrogens (tertiary/aromatic N) is 1. The second kappa shape index (κ2) is 6.86. The van der Waals surface area contributed by atoms with E-state index in [0.717, 1.165) is 25.9 Å². The van der Waals surface area contributed by atoms with E-state index in [-0.39, 0.29) is 30.7 Å². The van der Waals surface area contributed by atoms with Gasteiger partial charge < -0.3 is 20.7 Å². The quantitative estimate of drug-likeness (QED) is 0.729. The van der Waals surface area contributed by atoms with E-state index in [0.29, 0.717) is 0 Å². The molecule has 2 amide bonds. The summed E-state index contributed by atoms with van der Waals surface area (Å²) in [5.41, 5.74) is 4.86. The normalized spacial score (nSPS) is 17.2. The Labute approximate surface area is 114 Å². The van der Waals surface area contributed by atoms with Crippen LogP contribution in [0.15, 0.2) is 0 Å². The van der Waals surface area contributed by atoms with Gasteiger partial charge in [-0.15, -0.1) is 0 Å². The lowest BCUT2D eigenvalue weighted by Gasteiger charge is -2.34. The molecule has 1 fully saturated rings. The molecule has 0 radical (unpaired) electrons. The van der Waals surface area contributed by atoms with Gasteiger partial charge >= 0.3 is 0 Å². The molecule has 0 aromatic heterocycles. The molecule has 0 atom stereocenters. The molecule has 1 saturated heterocycles. The van der Waals surface area contributed by atoms with Crippen molar-refractivity contribution in [3.8, 4) is 0 Å². The molecule has 1 rings (SSSR count). The van der Waals surface area contributed by atoms with Crippen LogP contribution in [0.1, 0.15) is 33.6 Å². The lowest BCUT2D eigenvalue weighted by atomic mass is 10.0. The number of carbonyl (C=O) groups is 2. The summed E-state index contributed by atoms with van der Waals surface area (Å²) in [6, 6.07) is 0.0739. The first kappa shape index (κ1) is 15.9. The van der Waals surface area contributed by atoms with Crippen molar-refractivity contribution in [2.75, 3.05) is 26.2 Å². The molecule has 6 nitrogen and oxygen atoms in total. The third kappa shape index (κ3) is 6.02. The summed E-state index contributed by atoms with van der Waals surface area (Å²) in [5.74, 6) is -0.650. The van der Waals surface area contributed by atoms with Gasteiger partial charge in [0.15, 0.2) is 0 Å². The molecule has 1 aliphatic heterocycles. The van der Waals surface area contributed by atoms with Crippen molar-refractivity contribution in [2.24, 2.45) is 5.73 Å². The van der Waals surface area contributed by atoms with E-state index >= 15 is 0 Å². The molecule has 0 aromatic rings. The van der Waals surface area contributed by atoms with Gasteiger partial charge in [-0.25, -0.2) is 0 Å². The second-order valence-corrected chi connectivity index (χ2v) is 5.87. The summed E-state index contributed by atoms with van der Waals surface area (Å²) in [6.07, 6.45) is 1.68. The topological polar surface area (TPSA) is 84.7 Å². The van der Waals surface area contributed by atoms with Gasteiger partial charge in [-0.05, 0) is 46.7 Å². The maximum Gasteiger partial charge on any atom is 0.249 e. The van der Waals surface area contributed by atoms with E-state index in [4.69, 9.17) is 10.5 Å². The first-order valence-electron chi connectivity index (χ1n) is 6.72. The zero-order chi connectivity index (χ0) is 14.5. The van der Waals surface area contributed by atoms with Gasteiger partial charge in [-0.1, -0.05) is 0 Å². The fourth-order valence-corrected chi connectivity index (χ4v) is 2.07. The Morgan fingerprint density at radius 2 is 1.89 bits per heavy atom. The van der Waals surface area contributed by atoms with E-state index in [9.17, 15) is 9.59 Å². The largest absolute Gasteiger partial charge is 0.368 e. The summed E-state index contributed by atoms with van der Waals surface area (Å²) in [6.45, 7) is 7.34. The van der Waals surface area contributed by atoms with Crippen LogP contribution >= 0.6 is 0 Å². The van der Waals surface area contributed by atoms with E-state index < -0.39 is 5.91 Å². The molecule has 0 saturated carbocycles. The molecular formula is C13H25N3O3. The van der Waals surface area contributed by atoms with Crippen LogP contribution in [0.5, 0.6) is 0 Å². The van der Waals surface area contributed by atoms with Crippen molar-refractivity contribution in [1.82, 2.24) is 10.2 Å². The monoisotopic (exact) mass is 271 g/mol. The van der Waals surface area contributed by atoms with Crippen molar-refractivity contribution in [3.63, 3.8) is 0 Å². The van der Waals surface area contributed by atoms with Gasteiger partial charge in [0.25, 0.3) is 0 Å². The minimum Gasteiger partial charge on any atom is -0.368 e. The molecule has 0 aliphatic carbocycles. The van der Waals surface area contributed by atoms with E-state index in [1.54, 1.807) is 4.90 Å². The predicted octanol–water partition coefficient (Wildman–Crippen LogP) is -0.133. The standard InChI is InChI=1S/C13H25N3O3/c1-13(2,3)19-9-12(18)16(8-11(14)17)10-4-6-15-7-5-10/h10,15H,4-9H2,1-3H3,(H2,14,17). The number of piperidine rings is 1. The van der Waals surface area contributed by atoms with Gasteiger partial charge in [0.05, 0.1) is 12.1 Å². The lowest BCUT2D eigenvalue weighted by molar-refractivity contribution is -0.146. The van der Waals surface area contributed by atoms with Crippen molar-refractivity contribution in [1.29, 1.82) is 0 Å². The summed E-state index contributed by atoms with van der Waals surface area (Å²) < 4.78 is 5.49. The van der Waals surface area contributed by atoms with E-state index in [1.165, 1.54) is 0 Å². The highest BCUT2D eigenvalue weighted by Crippen LogP contribution is 2.13. The summed E-state index contributed by atoms with van der Waals surface area (Å²) in [5, 5.41) is 3.23. The molecule has 1 aliphatic rings. The molecule has 6 heteroatoms. The van der Waals surface area contributed by atoms with Crippen molar-refractivity contribution >= 4 is 11.8 Å². The first-order valence-corrected chi connectivity index (χ1v) is 6.72. The molecule has 19 heavy (non-hydrogen) atoms. The van der Waals surface area contributed by atoms with E-state index in [1.807, 2.05) is 20.8 Å². The van der Waals surface area contributed by atoms with Crippen LogP contribution in [0.3, 0.4) is 0 Å². The van der Waals surface area contributed by atoms with Gasteiger partial charge in [-0.3, -0.25) is 9.59 Å². The highest BCUT2D eigenvalue weighted by Gasteiger charge is 2.27. The van der Waals surface area contributed by atoms with Crippen LogP contribution in [-0.2, 0) is 14.3 Å². The molecule has 110 valence electrons. The number of rotatable bonds is 5. The van der Waals surface area contributed by atoms with Gasteiger partial charge in [0.2, 0.25) is 11.8 Å². The minimum absolute atomic E-state index is 0.0132. The predicted molar refractivity (Wildman–Crippen MR) is 72.5 cm³/mol. The third-order valence-corrected chi connectivity index (χ3v) is 3.02. The number of hydrogen-bond donors (Lipinski definition) is 2. The number of primary amides is 1. The molecule has 0 unspecified atom stereocenters. The minimum atomic E-state index is -0.484. The SMILES string of the molecule is CC(C)(C)OCC(=O)N(CC(N)=O)C1CCNCC1. The third-order valence-electron chi connectivity index (χ3n) is 3.02. The van der Waals surface area contributed by atoms with Crippen LogP contribution < -0.4 is 11.1 Å². The molecular weight excluding hydrogens is 246 g/mol. The summed E-state index contributed by atoms with van der Waals surface area (Å²) >= 11 is 0. The molecule has 3 N–H and O–H groups in total. The van der Waals surface area contributed by atoms with Crippen LogP contribution in [0.4, 0.5) is 0 Å². The Morgan fingerprint density at radius 1 is 1.32 bits per heavy atom. The average molecular weight is 271 g/mol. The average Bonchev–Trinajstić information content (AvgIpc) is 2.33.